The Kier molecular flexibility index (Phi) is 5.09. The number of hydrogen-bond acceptors (Lipinski definition) is 3. The molecular formula is C12H16ClN3O2. The summed E-state index contributed by atoms with van der Waals surface area (Å²) in [4.78, 5) is 28.9. The third kappa shape index (κ3) is 3.43. The molecule has 18 heavy (non-hydrogen) atoms. The molecule has 0 atom stereocenters. The predicted octanol–water partition coefficient (Wildman–Crippen LogP) is 1.25. The lowest BCUT2D eigenvalue weighted by Gasteiger charge is -2.20. The SMILES string of the molecule is CCN(CC(=O)NC)C(=O)c1cnc(C)cc1Cl. The van der Waals surface area contributed by atoms with E-state index in [4.69, 9.17) is 11.6 Å². The highest BCUT2D eigenvalue weighted by atomic mass is 35.5. The molecule has 0 aliphatic carbocycles. The first-order valence-electron chi connectivity index (χ1n) is 5.61. The van der Waals surface area contributed by atoms with E-state index in [0.29, 0.717) is 17.1 Å². The van der Waals surface area contributed by atoms with Gasteiger partial charge in [0.25, 0.3) is 5.91 Å². The van der Waals surface area contributed by atoms with Gasteiger partial charge in [0, 0.05) is 25.5 Å². The molecule has 1 aromatic rings. The van der Waals surface area contributed by atoms with Crippen molar-refractivity contribution in [3.8, 4) is 0 Å². The largest absolute Gasteiger partial charge is 0.358 e. The minimum atomic E-state index is -0.293. The summed E-state index contributed by atoms with van der Waals surface area (Å²) < 4.78 is 0. The third-order valence-electron chi connectivity index (χ3n) is 2.50. The number of nitrogens with one attached hydrogen (secondary N) is 1. The van der Waals surface area contributed by atoms with E-state index in [2.05, 4.69) is 10.3 Å². The van der Waals surface area contributed by atoms with Crippen LogP contribution in [0.15, 0.2) is 12.3 Å². The Bertz CT molecular complexity index is 463. The van der Waals surface area contributed by atoms with E-state index in [1.165, 1.54) is 18.1 Å². The van der Waals surface area contributed by atoms with Crippen molar-refractivity contribution in [3.05, 3.63) is 28.5 Å². The molecule has 0 fully saturated rings. The number of aryl methyl sites for hydroxylation is 1. The van der Waals surface area contributed by atoms with E-state index in [1.807, 2.05) is 0 Å². The lowest BCUT2D eigenvalue weighted by Crippen LogP contribution is -2.39. The molecule has 1 heterocycles. The van der Waals surface area contributed by atoms with Gasteiger partial charge in [-0.25, -0.2) is 0 Å². The zero-order chi connectivity index (χ0) is 13.7. The highest BCUT2D eigenvalue weighted by Gasteiger charge is 2.19. The summed E-state index contributed by atoms with van der Waals surface area (Å²) in [5.74, 6) is -0.514. The molecule has 0 saturated heterocycles. The van der Waals surface area contributed by atoms with E-state index in [-0.39, 0.29) is 18.4 Å². The molecule has 0 bridgehead atoms. The molecule has 0 aliphatic rings. The minimum absolute atomic E-state index is 0.00996. The second-order valence-corrected chi connectivity index (χ2v) is 4.21. The number of hydrogen-bond donors (Lipinski definition) is 1. The summed E-state index contributed by atoms with van der Waals surface area (Å²) in [5.41, 5.74) is 1.05. The number of nitrogens with zero attached hydrogens (tertiary/aromatic N) is 2. The molecule has 0 unspecified atom stereocenters. The molecule has 5 nitrogen and oxygen atoms in total. The number of carbonyl (C=O) groups excluding carboxylic acids is 2. The Balaban J connectivity index is 2.93. The molecule has 1 rings (SSSR count). The Labute approximate surface area is 111 Å². The van der Waals surface area contributed by atoms with Crippen LogP contribution >= 0.6 is 11.6 Å². The first kappa shape index (κ1) is 14.4. The van der Waals surface area contributed by atoms with Crippen molar-refractivity contribution in [1.82, 2.24) is 15.2 Å². The number of carbonyl (C=O) groups is 2. The molecule has 1 N–H and O–H groups in total. The van der Waals surface area contributed by atoms with Crippen LogP contribution in [-0.2, 0) is 4.79 Å². The molecule has 0 aromatic carbocycles. The summed E-state index contributed by atoms with van der Waals surface area (Å²) in [6, 6.07) is 1.63. The van der Waals surface area contributed by atoms with Crippen LogP contribution in [0.5, 0.6) is 0 Å². The molecule has 1 aromatic heterocycles. The van der Waals surface area contributed by atoms with Crippen LogP contribution in [0.1, 0.15) is 23.0 Å². The topological polar surface area (TPSA) is 62.3 Å². The van der Waals surface area contributed by atoms with Crippen LogP contribution in [0.3, 0.4) is 0 Å². The van der Waals surface area contributed by atoms with Gasteiger partial charge in [-0.15, -0.1) is 0 Å². The average Bonchev–Trinajstić information content (AvgIpc) is 2.34. The summed E-state index contributed by atoms with van der Waals surface area (Å²) in [7, 11) is 1.53. The first-order chi connectivity index (χ1) is 8.49. The number of amides is 2. The van der Waals surface area contributed by atoms with Gasteiger partial charge in [0.05, 0.1) is 17.1 Å². The van der Waals surface area contributed by atoms with Gasteiger partial charge in [0.15, 0.2) is 0 Å². The van der Waals surface area contributed by atoms with E-state index in [1.54, 1.807) is 19.9 Å². The van der Waals surface area contributed by atoms with E-state index >= 15 is 0 Å². The van der Waals surface area contributed by atoms with Gasteiger partial charge in [-0.1, -0.05) is 11.6 Å². The van der Waals surface area contributed by atoms with Crippen LogP contribution in [0.4, 0.5) is 0 Å². The molecule has 0 aliphatic heterocycles. The van der Waals surface area contributed by atoms with Crippen molar-refractivity contribution in [2.24, 2.45) is 0 Å². The molecule has 0 radical (unpaired) electrons. The van der Waals surface area contributed by atoms with Crippen molar-refractivity contribution >= 4 is 23.4 Å². The number of pyridine rings is 1. The fraction of sp³-hybridized carbons (Fsp3) is 0.417. The molecule has 0 saturated carbocycles. The second kappa shape index (κ2) is 6.35. The summed E-state index contributed by atoms with van der Waals surface area (Å²) in [6.07, 6.45) is 1.44. The quantitative estimate of drug-likeness (QED) is 0.895. The predicted molar refractivity (Wildman–Crippen MR) is 69.6 cm³/mol. The molecule has 6 heteroatoms. The highest BCUT2D eigenvalue weighted by molar-refractivity contribution is 6.33. The zero-order valence-electron chi connectivity index (χ0n) is 10.7. The maximum absolute atomic E-state index is 12.2. The van der Waals surface area contributed by atoms with Gasteiger partial charge in [-0.05, 0) is 19.9 Å². The highest BCUT2D eigenvalue weighted by Crippen LogP contribution is 2.17. The summed E-state index contributed by atoms with van der Waals surface area (Å²) in [5, 5.41) is 2.83. The van der Waals surface area contributed by atoms with Crippen LogP contribution in [-0.4, -0.2) is 41.8 Å². The van der Waals surface area contributed by atoms with Crippen LogP contribution in [0, 0.1) is 6.92 Å². The molecule has 0 spiro atoms. The Hall–Kier alpha value is -1.62. The van der Waals surface area contributed by atoms with E-state index in [0.717, 1.165) is 5.69 Å². The van der Waals surface area contributed by atoms with Crippen LogP contribution in [0.2, 0.25) is 5.02 Å². The number of aromatic nitrogens is 1. The smallest absolute Gasteiger partial charge is 0.257 e. The average molecular weight is 270 g/mol. The van der Waals surface area contributed by atoms with Gasteiger partial charge >= 0.3 is 0 Å². The molecule has 98 valence electrons. The molecular weight excluding hydrogens is 254 g/mol. The Morgan fingerprint density at radius 1 is 1.50 bits per heavy atom. The van der Waals surface area contributed by atoms with Crippen molar-refractivity contribution in [1.29, 1.82) is 0 Å². The lowest BCUT2D eigenvalue weighted by molar-refractivity contribution is -0.121. The zero-order valence-corrected chi connectivity index (χ0v) is 11.4. The number of rotatable bonds is 4. The lowest BCUT2D eigenvalue weighted by atomic mass is 10.2. The van der Waals surface area contributed by atoms with Gasteiger partial charge in [0.2, 0.25) is 5.91 Å². The van der Waals surface area contributed by atoms with Crippen molar-refractivity contribution in [2.75, 3.05) is 20.1 Å². The monoisotopic (exact) mass is 269 g/mol. The first-order valence-corrected chi connectivity index (χ1v) is 5.99. The van der Waals surface area contributed by atoms with Gasteiger partial charge in [0.1, 0.15) is 0 Å². The van der Waals surface area contributed by atoms with Crippen molar-refractivity contribution < 1.29 is 9.59 Å². The number of likely N-dealkylation sites (N-methyl/N-ethyl adjacent to an activating group) is 2. The summed E-state index contributed by atoms with van der Waals surface area (Å²) in [6.45, 7) is 4.03. The summed E-state index contributed by atoms with van der Waals surface area (Å²) >= 11 is 6.01. The number of halogens is 1. The van der Waals surface area contributed by atoms with Crippen LogP contribution < -0.4 is 5.32 Å². The fourth-order valence-electron chi connectivity index (χ4n) is 1.43. The van der Waals surface area contributed by atoms with Crippen molar-refractivity contribution in [2.45, 2.75) is 13.8 Å². The van der Waals surface area contributed by atoms with E-state index in [9.17, 15) is 9.59 Å². The second-order valence-electron chi connectivity index (χ2n) is 3.80. The third-order valence-corrected chi connectivity index (χ3v) is 2.82. The fourth-order valence-corrected chi connectivity index (χ4v) is 1.72. The minimum Gasteiger partial charge on any atom is -0.358 e. The maximum atomic E-state index is 12.2. The maximum Gasteiger partial charge on any atom is 0.257 e. The standard InChI is InChI=1S/C12H16ClN3O2/c1-4-16(7-11(17)14-3)12(18)9-6-15-8(2)5-10(9)13/h5-6H,4,7H2,1-3H3,(H,14,17). The van der Waals surface area contributed by atoms with Gasteiger partial charge in [-0.3, -0.25) is 14.6 Å². The normalized spacial score (nSPS) is 10.0. The van der Waals surface area contributed by atoms with E-state index < -0.39 is 0 Å². The van der Waals surface area contributed by atoms with Crippen LogP contribution in [0.25, 0.3) is 0 Å². The Morgan fingerprint density at radius 3 is 2.67 bits per heavy atom. The van der Waals surface area contributed by atoms with Gasteiger partial charge < -0.3 is 10.2 Å². The molecule has 2 amide bonds. The Morgan fingerprint density at radius 2 is 2.17 bits per heavy atom. The van der Waals surface area contributed by atoms with Crippen molar-refractivity contribution in [3.63, 3.8) is 0 Å². The van der Waals surface area contributed by atoms with Gasteiger partial charge in [-0.2, -0.15) is 0 Å².